The second kappa shape index (κ2) is 20.2. The number of aromatic nitrogens is 3. The van der Waals surface area contributed by atoms with Crippen molar-refractivity contribution in [1.82, 2.24) is 25.2 Å². The molecule has 0 spiro atoms. The van der Waals surface area contributed by atoms with E-state index < -0.39 is 12.1 Å². The molecule has 1 amide bonds. The molecule has 0 unspecified atom stereocenters. The van der Waals surface area contributed by atoms with E-state index in [4.69, 9.17) is 19.9 Å². The molecule has 4 atom stereocenters. The fraction of sp³-hybridized carbons (Fsp3) is 0.763. The van der Waals surface area contributed by atoms with E-state index in [-0.39, 0.29) is 29.1 Å². The zero-order valence-corrected chi connectivity index (χ0v) is 31.6. The summed E-state index contributed by atoms with van der Waals surface area (Å²) in [5.41, 5.74) is 8.55. The molecule has 1 saturated heterocycles. The standard InChI is InChI=1S/C38H66N6O5/c1-27(2)30(19-29-13-14-35(48-8)36(20-29)49-18-12-17-47-7)21-33(39)34(45)22-32(28(3)4)37(46)40-25-38(5,6)26-44-24-31(41-42-44)23-43-15-10-9-11-16-43/h13-14,20,24,27-28,30,32-34,45H,9-12,15-19,21-23,25-26,39H2,1-8H3,(H,40,46)/t30-,32-,33-,34-/m0/s1. The Kier molecular flexibility index (Phi) is 16.8. The van der Waals surface area contributed by atoms with E-state index in [1.165, 1.54) is 19.3 Å². The number of aliphatic hydroxyl groups excluding tert-OH is 1. The lowest BCUT2D eigenvalue weighted by molar-refractivity contribution is -0.128. The van der Waals surface area contributed by atoms with Gasteiger partial charge in [0, 0.05) is 63.3 Å². The summed E-state index contributed by atoms with van der Waals surface area (Å²) < 4.78 is 18.5. The van der Waals surface area contributed by atoms with Gasteiger partial charge in [-0.25, -0.2) is 0 Å². The lowest BCUT2D eigenvalue weighted by Crippen LogP contribution is -2.44. The zero-order valence-electron chi connectivity index (χ0n) is 31.6. The minimum atomic E-state index is -0.795. The van der Waals surface area contributed by atoms with Gasteiger partial charge in [-0.05, 0) is 80.6 Å². The summed E-state index contributed by atoms with van der Waals surface area (Å²) in [6.45, 7) is 18.1. The summed E-state index contributed by atoms with van der Waals surface area (Å²) in [5, 5.41) is 23.3. The van der Waals surface area contributed by atoms with E-state index in [0.717, 1.165) is 49.5 Å². The van der Waals surface area contributed by atoms with Crippen LogP contribution in [0.2, 0.25) is 0 Å². The maximum absolute atomic E-state index is 13.5. The van der Waals surface area contributed by atoms with Crippen molar-refractivity contribution in [3.63, 3.8) is 0 Å². The Morgan fingerprint density at radius 2 is 1.78 bits per heavy atom. The van der Waals surface area contributed by atoms with Crippen molar-refractivity contribution < 1.29 is 24.1 Å². The Hall–Kier alpha value is -2.73. The van der Waals surface area contributed by atoms with Crippen LogP contribution in [0, 0.1) is 29.1 Å². The van der Waals surface area contributed by atoms with Crippen molar-refractivity contribution in [2.75, 3.05) is 47.1 Å². The largest absolute Gasteiger partial charge is 0.493 e. The van der Waals surface area contributed by atoms with Crippen LogP contribution >= 0.6 is 0 Å². The molecule has 1 fully saturated rings. The minimum absolute atomic E-state index is 0.0460. The molecule has 0 bridgehead atoms. The summed E-state index contributed by atoms with van der Waals surface area (Å²) in [6.07, 6.45) is 7.60. The van der Waals surface area contributed by atoms with E-state index in [2.05, 4.69) is 54.3 Å². The molecular weight excluding hydrogens is 620 g/mol. The third-order valence-electron chi connectivity index (χ3n) is 9.88. The summed E-state index contributed by atoms with van der Waals surface area (Å²) in [4.78, 5) is 15.9. The Bertz CT molecular complexity index is 1240. The highest BCUT2D eigenvalue weighted by Crippen LogP contribution is 2.32. The number of carbonyl (C=O) groups is 1. The first-order valence-corrected chi connectivity index (χ1v) is 18.4. The van der Waals surface area contributed by atoms with Gasteiger partial charge in [0.1, 0.15) is 0 Å². The van der Waals surface area contributed by atoms with E-state index in [9.17, 15) is 9.90 Å². The third kappa shape index (κ3) is 13.8. The number of hydrogen-bond acceptors (Lipinski definition) is 9. The molecule has 0 aliphatic carbocycles. The van der Waals surface area contributed by atoms with E-state index >= 15 is 0 Å². The highest BCUT2D eigenvalue weighted by Gasteiger charge is 2.31. The van der Waals surface area contributed by atoms with Crippen LogP contribution in [0.25, 0.3) is 0 Å². The fourth-order valence-electron chi connectivity index (χ4n) is 6.65. The summed E-state index contributed by atoms with van der Waals surface area (Å²) in [7, 11) is 3.33. The lowest BCUT2D eigenvalue weighted by atomic mass is 9.80. The number of nitrogens with two attached hydrogens (primary N) is 1. The van der Waals surface area contributed by atoms with E-state index in [0.29, 0.717) is 50.8 Å². The number of benzene rings is 1. The van der Waals surface area contributed by atoms with Crippen LogP contribution in [-0.2, 0) is 29.0 Å². The molecular formula is C38H66N6O5. The van der Waals surface area contributed by atoms with Gasteiger partial charge in [-0.1, -0.05) is 59.2 Å². The molecule has 1 aromatic carbocycles. The van der Waals surface area contributed by atoms with Gasteiger partial charge in [0.2, 0.25) is 5.91 Å². The Balaban J connectivity index is 1.53. The van der Waals surface area contributed by atoms with E-state index in [1.54, 1.807) is 14.2 Å². The van der Waals surface area contributed by atoms with Crippen molar-refractivity contribution in [3.05, 3.63) is 35.7 Å². The number of piperidine rings is 1. The number of rotatable bonds is 22. The molecule has 49 heavy (non-hydrogen) atoms. The molecule has 1 aromatic heterocycles. The number of ether oxygens (including phenoxy) is 3. The molecule has 3 rings (SSSR count). The molecule has 278 valence electrons. The van der Waals surface area contributed by atoms with Crippen LogP contribution in [0.5, 0.6) is 11.5 Å². The summed E-state index contributed by atoms with van der Waals surface area (Å²) >= 11 is 0. The third-order valence-corrected chi connectivity index (χ3v) is 9.88. The minimum Gasteiger partial charge on any atom is -0.493 e. The average molecular weight is 687 g/mol. The van der Waals surface area contributed by atoms with Gasteiger partial charge in [0.15, 0.2) is 11.5 Å². The predicted molar refractivity (Wildman–Crippen MR) is 194 cm³/mol. The molecule has 1 aliphatic rings. The maximum Gasteiger partial charge on any atom is 0.223 e. The molecule has 0 radical (unpaired) electrons. The van der Waals surface area contributed by atoms with Crippen LogP contribution in [0.3, 0.4) is 0 Å². The quantitative estimate of drug-likeness (QED) is 0.145. The van der Waals surface area contributed by atoms with Gasteiger partial charge in [-0.2, -0.15) is 0 Å². The highest BCUT2D eigenvalue weighted by molar-refractivity contribution is 5.79. The van der Waals surface area contributed by atoms with Crippen LogP contribution in [-0.4, -0.2) is 90.1 Å². The number of hydrogen-bond donors (Lipinski definition) is 3. The summed E-state index contributed by atoms with van der Waals surface area (Å²) in [6, 6.07) is 5.60. The molecule has 11 heteroatoms. The van der Waals surface area contributed by atoms with E-state index in [1.807, 2.05) is 36.9 Å². The Morgan fingerprint density at radius 1 is 1.04 bits per heavy atom. The number of nitrogens with zero attached hydrogens (tertiary/aromatic N) is 4. The van der Waals surface area contributed by atoms with Gasteiger partial charge in [-0.3, -0.25) is 14.4 Å². The smallest absolute Gasteiger partial charge is 0.223 e. The normalized spacial score (nSPS) is 16.8. The number of likely N-dealkylation sites (tertiary alicyclic amines) is 1. The van der Waals surface area contributed by atoms with Gasteiger partial charge in [0.25, 0.3) is 0 Å². The zero-order chi connectivity index (χ0) is 36.0. The van der Waals surface area contributed by atoms with Crippen LogP contribution in [0.1, 0.15) is 91.3 Å². The number of aliphatic hydroxyl groups is 1. The first kappa shape index (κ1) is 40.7. The lowest BCUT2D eigenvalue weighted by Gasteiger charge is -2.31. The van der Waals surface area contributed by atoms with Crippen molar-refractivity contribution in [1.29, 1.82) is 0 Å². The topological polar surface area (TPSA) is 137 Å². The van der Waals surface area contributed by atoms with Crippen molar-refractivity contribution in [2.45, 2.75) is 112 Å². The second-order valence-corrected chi connectivity index (χ2v) is 15.6. The molecule has 11 nitrogen and oxygen atoms in total. The average Bonchev–Trinajstić information content (AvgIpc) is 3.49. The summed E-state index contributed by atoms with van der Waals surface area (Å²) in [5.74, 6) is 1.67. The van der Waals surface area contributed by atoms with Crippen molar-refractivity contribution in [3.8, 4) is 11.5 Å². The molecule has 2 aromatic rings. The first-order valence-electron chi connectivity index (χ1n) is 18.4. The van der Waals surface area contributed by atoms with Crippen LogP contribution in [0.15, 0.2) is 24.4 Å². The fourth-order valence-corrected chi connectivity index (χ4v) is 6.65. The van der Waals surface area contributed by atoms with Gasteiger partial charge in [0.05, 0.1) is 25.5 Å². The first-order chi connectivity index (χ1) is 23.3. The molecule has 4 N–H and O–H groups in total. The van der Waals surface area contributed by atoms with Crippen LogP contribution < -0.4 is 20.5 Å². The Labute approximate surface area is 295 Å². The number of carbonyl (C=O) groups excluding carboxylic acids is 1. The SMILES string of the molecule is COCCCOc1cc(C[C@@H](C[C@H](N)[C@@H](O)C[C@H](C(=O)NCC(C)(C)Cn2cc(CN3CCCCC3)nn2)C(C)C)C(C)C)ccc1OC. The monoisotopic (exact) mass is 687 g/mol. The molecule has 1 aliphatic heterocycles. The van der Waals surface area contributed by atoms with Gasteiger partial charge >= 0.3 is 0 Å². The van der Waals surface area contributed by atoms with Crippen LogP contribution in [0.4, 0.5) is 0 Å². The van der Waals surface area contributed by atoms with Gasteiger partial charge in [-0.15, -0.1) is 5.10 Å². The number of amides is 1. The number of nitrogens with one attached hydrogen (secondary N) is 1. The van der Waals surface area contributed by atoms with Crippen molar-refractivity contribution in [2.24, 2.45) is 34.8 Å². The highest BCUT2D eigenvalue weighted by atomic mass is 16.5. The molecule has 0 saturated carbocycles. The molecule has 2 heterocycles. The van der Waals surface area contributed by atoms with Gasteiger partial charge < -0.3 is 30.4 Å². The Morgan fingerprint density at radius 3 is 2.43 bits per heavy atom. The number of methoxy groups -OCH3 is 2. The second-order valence-electron chi connectivity index (χ2n) is 15.6. The maximum atomic E-state index is 13.5. The van der Waals surface area contributed by atoms with Crippen molar-refractivity contribution >= 4 is 5.91 Å². The predicted octanol–water partition coefficient (Wildman–Crippen LogP) is 5.09.